The van der Waals surface area contributed by atoms with Gasteiger partial charge in [-0.15, -0.1) is 0 Å². The molecular formula is C23H34O5. The predicted molar refractivity (Wildman–Crippen MR) is 106 cm³/mol. The van der Waals surface area contributed by atoms with Crippen LogP contribution in [0.3, 0.4) is 0 Å². The number of allylic oxidation sites excluding steroid dienone is 3. The smallest absolute Gasteiger partial charge is 0.342 e. The van der Waals surface area contributed by atoms with Crippen molar-refractivity contribution in [3.05, 3.63) is 23.5 Å². The first-order valence-electron chi connectivity index (χ1n) is 10.3. The SMILES string of the molecule is COC(=O)[C@@]1(O)C=C(OC)C(=O)[C@H]1C[C@]1(C)[C@@H](C)CC[C@]2(C)C(C)=CCC[C@@H]12. The van der Waals surface area contributed by atoms with Gasteiger partial charge in [0.25, 0.3) is 0 Å². The highest BCUT2D eigenvalue weighted by Gasteiger charge is 2.60. The summed E-state index contributed by atoms with van der Waals surface area (Å²) in [5.74, 6) is -1.15. The number of carbonyl (C=O) groups is 2. The summed E-state index contributed by atoms with van der Waals surface area (Å²) in [6.07, 6.45) is 8.34. The van der Waals surface area contributed by atoms with Gasteiger partial charge in [-0.3, -0.25) is 4.79 Å². The van der Waals surface area contributed by atoms with Crippen LogP contribution in [0, 0.1) is 28.6 Å². The largest absolute Gasteiger partial charge is 0.493 e. The lowest BCUT2D eigenvalue weighted by molar-refractivity contribution is -0.166. The quantitative estimate of drug-likeness (QED) is 0.584. The maximum Gasteiger partial charge on any atom is 0.342 e. The second-order valence-corrected chi connectivity index (χ2v) is 9.53. The molecule has 0 radical (unpaired) electrons. The second kappa shape index (κ2) is 7.01. The summed E-state index contributed by atoms with van der Waals surface area (Å²) in [5, 5.41) is 11.2. The molecule has 3 aliphatic rings. The molecule has 0 bridgehead atoms. The van der Waals surface area contributed by atoms with Gasteiger partial charge in [-0.05, 0) is 61.7 Å². The number of ether oxygens (including phenoxy) is 2. The van der Waals surface area contributed by atoms with E-state index in [1.54, 1.807) is 0 Å². The lowest BCUT2D eigenvalue weighted by Gasteiger charge is -2.58. The standard InChI is InChI=1S/C23H34O5/c1-14-8-7-9-18-21(14,3)11-10-15(2)22(18,4)12-16-19(24)17(27-5)13-23(16,26)20(25)28-6/h8,13,15-16,18,26H,7,9-12H2,1-6H3/t15-,16+,18+,21+,22+,23+/m0/s1. The van der Waals surface area contributed by atoms with Crippen LogP contribution >= 0.6 is 0 Å². The molecule has 0 heterocycles. The number of hydrogen-bond acceptors (Lipinski definition) is 5. The molecule has 1 N–H and O–H groups in total. The Morgan fingerprint density at radius 2 is 1.96 bits per heavy atom. The number of aliphatic hydroxyl groups is 1. The molecule has 5 heteroatoms. The molecular weight excluding hydrogens is 356 g/mol. The van der Waals surface area contributed by atoms with Gasteiger partial charge in [-0.1, -0.05) is 32.4 Å². The van der Waals surface area contributed by atoms with Gasteiger partial charge in [0.2, 0.25) is 5.78 Å². The molecule has 0 aromatic carbocycles. The molecule has 0 aromatic rings. The van der Waals surface area contributed by atoms with Crippen molar-refractivity contribution in [1.82, 2.24) is 0 Å². The van der Waals surface area contributed by atoms with Crippen molar-refractivity contribution < 1.29 is 24.2 Å². The molecule has 1 fully saturated rings. The summed E-state index contributed by atoms with van der Waals surface area (Å²) < 4.78 is 10.0. The molecule has 3 aliphatic carbocycles. The van der Waals surface area contributed by atoms with E-state index in [9.17, 15) is 14.7 Å². The van der Waals surface area contributed by atoms with Crippen LogP contribution in [0.15, 0.2) is 23.5 Å². The molecule has 156 valence electrons. The fourth-order valence-corrected chi connectivity index (χ4v) is 6.21. The number of carbonyl (C=O) groups excluding carboxylic acids is 2. The van der Waals surface area contributed by atoms with Gasteiger partial charge < -0.3 is 14.6 Å². The van der Waals surface area contributed by atoms with Crippen LogP contribution in [0.1, 0.15) is 59.8 Å². The minimum absolute atomic E-state index is 0.0486. The monoisotopic (exact) mass is 390 g/mol. The molecule has 0 aromatic heterocycles. The van der Waals surface area contributed by atoms with Crippen molar-refractivity contribution in [1.29, 1.82) is 0 Å². The predicted octanol–water partition coefficient (Wildman–Crippen LogP) is 3.81. The number of Topliss-reactive ketones (excluding diaryl/α,β-unsaturated/α-hetero) is 1. The molecule has 5 nitrogen and oxygen atoms in total. The minimum Gasteiger partial charge on any atom is -0.493 e. The van der Waals surface area contributed by atoms with E-state index in [1.165, 1.54) is 25.9 Å². The van der Waals surface area contributed by atoms with Gasteiger partial charge in [-0.2, -0.15) is 0 Å². The van der Waals surface area contributed by atoms with E-state index in [0.29, 0.717) is 18.3 Å². The number of hydrogen-bond donors (Lipinski definition) is 1. The van der Waals surface area contributed by atoms with Crippen LogP contribution in [-0.4, -0.2) is 36.7 Å². The van der Waals surface area contributed by atoms with Crippen LogP contribution in [0.5, 0.6) is 0 Å². The molecule has 0 amide bonds. The third kappa shape index (κ3) is 2.85. The maximum absolute atomic E-state index is 13.0. The Morgan fingerprint density at radius 3 is 2.57 bits per heavy atom. The number of rotatable bonds is 4. The fourth-order valence-electron chi connectivity index (χ4n) is 6.21. The van der Waals surface area contributed by atoms with Crippen molar-refractivity contribution in [2.24, 2.45) is 28.6 Å². The molecule has 28 heavy (non-hydrogen) atoms. The van der Waals surface area contributed by atoms with Crippen LogP contribution in [0.25, 0.3) is 0 Å². The van der Waals surface area contributed by atoms with Gasteiger partial charge in [0.05, 0.1) is 20.1 Å². The Bertz CT molecular complexity index is 737. The summed E-state index contributed by atoms with van der Waals surface area (Å²) in [6, 6.07) is 0. The Balaban J connectivity index is 2.01. The molecule has 0 spiro atoms. The van der Waals surface area contributed by atoms with E-state index in [-0.39, 0.29) is 22.4 Å². The normalized spacial score (nSPS) is 43.1. The topological polar surface area (TPSA) is 72.8 Å². The van der Waals surface area contributed by atoms with E-state index in [2.05, 4.69) is 33.8 Å². The van der Waals surface area contributed by atoms with E-state index in [0.717, 1.165) is 25.7 Å². The van der Waals surface area contributed by atoms with Crippen molar-refractivity contribution in [3.63, 3.8) is 0 Å². The average molecular weight is 391 g/mol. The lowest BCUT2D eigenvalue weighted by atomic mass is 9.46. The Kier molecular flexibility index (Phi) is 5.28. The highest BCUT2D eigenvalue weighted by atomic mass is 16.5. The lowest BCUT2D eigenvalue weighted by Crippen LogP contribution is -2.54. The second-order valence-electron chi connectivity index (χ2n) is 9.53. The van der Waals surface area contributed by atoms with Gasteiger partial charge in [0, 0.05) is 6.08 Å². The van der Waals surface area contributed by atoms with Crippen LogP contribution in [0.4, 0.5) is 0 Å². The van der Waals surface area contributed by atoms with Crippen molar-refractivity contribution >= 4 is 11.8 Å². The van der Waals surface area contributed by atoms with Crippen molar-refractivity contribution in [2.75, 3.05) is 14.2 Å². The van der Waals surface area contributed by atoms with Crippen LogP contribution in [-0.2, 0) is 19.1 Å². The van der Waals surface area contributed by atoms with Crippen LogP contribution in [0.2, 0.25) is 0 Å². The molecule has 0 aliphatic heterocycles. The zero-order chi connectivity index (χ0) is 20.9. The summed E-state index contributed by atoms with van der Waals surface area (Å²) in [6.45, 7) is 9.05. The van der Waals surface area contributed by atoms with Gasteiger partial charge in [0.1, 0.15) is 0 Å². The highest BCUT2D eigenvalue weighted by molar-refractivity contribution is 6.05. The Morgan fingerprint density at radius 1 is 1.29 bits per heavy atom. The molecule has 0 unspecified atom stereocenters. The van der Waals surface area contributed by atoms with E-state index < -0.39 is 17.5 Å². The number of ketones is 1. The fraction of sp³-hybridized carbons (Fsp3) is 0.739. The first kappa shape index (κ1) is 21.1. The molecule has 6 atom stereocenters. The Hall–Kier alpha value is -1.62. The molecule has 1 saturated carbocycles. The molecule has 0 saturated heterocycles. The summed E-state index contributed by atoms with van der Waals surface area (Å²) >= 11 is 0. The first-order valence-corrected chi connectivity index (χ1v) is 10.3. The van der Waals surface area contributed by atoms with Crippen molar-refractivity contribution in [3.8, 4) is 0 Å². The van der Waals surface area contributed by atoms with Crippen LogP contribution < -0.4 is 0 Å². The third-order valence-corrected chi connectivity index (χ3v) is 8.41. The number of esters is 1. The number of fused-ring (bicyclic) bond motifs is 1. The zero-order valence-corrected chi connectivity index (χ0v) is 18.0. The average Bonchev–Trinajstić information content (AvgIpc) is 2.91. The van der Waals surface area contributed by atoms with E-state index in [1.807, 2.05) is 0 Å². The van der Waals surface area contributed by atoms with Gasteiger partial charge in [-0.25, -0.2) is 4.79 Å². The maximum atomic E-state index is 13.0. The van der Waals surface area contributed by atoms with E-state index in [4.69, 9.17) is 9.47 Å². The Labute approximate surface area is 168 Å². The van der Waals surface area contributed by atoms with Gasteiger partial charge >= 0.3 is 5.97 Å². The number of methoxy groups -OCH3 is 2. The zero-order valence-electron chi connectivity index (χ0n) is 18.0. The molecule has 3 rings (SSSR count). The highest BCUT2D eigenvalue weighted by Crippen LogP contribution is 2.63. The van der Waals surface area contributed by atoms with E-state index >= 15 is 0 Å². The van der Waals surface area contributed by atoms with Crippen molar-refractivity contribution in [2.45, 2.75) is 65.4 Å². The first-order chi connectivity index (χ1) is 13.0. The third-order valence-electron chi connectivity index (χ3n) is 8.41. The summed E-state index contributed by atoms with van der Waals surface area (Å²) in [5.41, 5.74) is -0.615. The summed E-state index contributed by atoms with van der Waals surface area (Å²) in [4.78, 5) is 25.5. The van der Waals surface area contributed by atoms with Gasteiger partial charge in [0.15, 0.2) is 11.4 Å². The summed E-state index contributed by atoms with van der Waals surface area (Å²) in [7, 11) is 2.62. The minimum atomic E-state index is -1.96.